The molecule has 0 rings (SSSR count). The first kappa shape index (κ1) is 27.3. The summed E-state index contributed by atoms with van der Waals surface area (Å²) >= 11 is 0. The van der Waals surface area contributed by atoms with E-state index in [4.69, 9.17) is 13.6 Å². The molecule has 0 aromatic rings. The Hall–Kier alpha value is -0.923. The van der Waals surface area contributed by atoms with E-state index in [1.165, 1.54) is 7.11 Å². The minimum absolute atomic E-state index is 0.127. The van der Waals surface area contributed by atoms with Crippen LogP contribution in [0.15, 0.2) is 0 Å². The molecular formula is C19H40O6Si. The molecule has 0 aromatic heterocycles. The van der Waals surface area contributed by atoms with Crippen LogP contribution in [0.1, 0.15) is 60.8 Å². The maximum absolute atomic E-state index is 11.7. The highest BCUT2D eigenvalue weighted by atomic mass is 28.4. The fraction of sp³-hybridized carbons (Fsp3) is 0.895. The summed E-state index contributed by atoms with van der Waals surface area (Å²) in [5.74, 6) is -0.261. The van der Waals surface area contributed by atoms with Crippen LogP contribution in [-0.4, -0.2) is 48.4 Å². The van der Waals surface area contributed by atoms with Gasteiger partial charge >= 0.3 is 20.5 Å². The van der Waals surface area contributed by atoms with E-state index in [-0.39, 0.29) is 22.8 Å². The van der Waals surface area contributed by atoms with Crippen molar-refractivity contribution < 1.29 is 27.9 Å². The molecule has 0 aliphatic carbocycles. The van der Waals surface area contributed by atoms with Crippen LogP contribution < -0.4 is 0 Å². The zero-order chi connectivity index (χ0) is 21.0. The molecule has 0 N–H and O–H groups in total. The first-order valence-electron chi connectivity index (χ1n) is 9.21. The standard InChI is InChI=1S/C12H26O4Si.C7H14O2/c1-7-12(2,3)11(13)16-9-8-10-17(6,14-4)15-5;1-5-7(2,3)6(8)9-4/h7-10H2,1-6H3;5H2,1-4H3. The van der Waals surface area contributed by atoms with E-state index in [1.807, 2.05) is 48.1 Å². The van der Waals surface area contributed by atoms with Crippen molar-refractivity contribution in [2.24, 2.45) is 10.8 Å². The predicted octanol–water partition coefficient (Wildman–Crippen LogP) is 4.32. The number of ether oxygens (including phenoxy) is 2. The molecule has 0 saturated heterocycles. The fourth-order valence-electron chi connectivity index (χ4n) is 1.61. The molecule has 0 spiro atoms. The highest BCUT2D eigenvalue weighted by Gasteiger charge is 2.30. The highest BCUT2D eigenvalue weighted by molar-refractivity contribution is 6.65. The molecule has 0 heterocycles. The maximum Gasteiger partial charge on any atom is 0.334 e. The van der Waals surface area contributed by atoms with Gasteiger partial charge < -0.3 is 18.3 Å². The average molecular weight is 393 g/mol. The first-order valence-corrected chi connectivity index (χ1v) is 11.7. The summed E-state index contributed by atoms with van der Waals surface area (Å²) in [6.45, 7) is 14.0. The largest absolute Gasteiger partial charge is 0.469 e. The quantitative estimate of drug-likeness (QED) is 0.313. The molecule has 0 amide bonds. The van der Waals surface area contributed by atoms with Crippen molar-refractivity contribution in [2.45, 2.75) is 73.4 Å². The Kier molecular flexibility index (Phi) is 13.1. The molecule has 0 aromatic carbocycles. The van der Waals surface area contributed by atoms with Gasteiger partial charge in [0.2, 0.25) is 0 Å². The van der Waals surface area contributed by atoms with E-state index in [9.17, 15) is 9.59 Å². The molecule has 0 aliphatic heterocycles. The van der Waals surface area contributed by atoms with E-state index in [0.717, 1.165) is 25.3 Å². The van der Waals surface area contributed by atoms with Crippen molar-refractivity contribution in [3.8, 4) is 0 Å². The normalized spacial score (nSPS) is 12.1. The zero-order valence-corrected chi connectivity index (χ0v) is 19.5. The third-order valence-electron chi connectivity index (χ3n) is 4.93. The third kappa shape index (κ3) is 10.3. The van der Waals surface area contributed by atoms with E-state index in [0.29, 0.717) is 6.61 Å². The van der Waals surface area contributed by atoms with Crippen LogP contribution in [0, 0.1) is 10.8 Å². The topological polar surface area (TPSA) is 71.1 Å². The van der Waals surface area contributed by atoms with E-state index >= 15 is 0 Å². The number of carbonyl (C=O) groups is 2. The maximum atomic E-state index is 11.7. The van der Waals surface area contributed by atoms with Crippen LogP contribution >= 0.6 is 0 Å². The molecule has 0 saturated carbocycles. The summed E-state index contributed by atoms with van der Waals surface area (Å²) in [6, 6.07) is 0.833. The van der Waals surface area contributed by atoms with Crippen molar-refractivity contribution in [1.82, 2.24) is 0 Å². The van der Waals surface area contributed by atoms with Crippen LogP contribution in [0.3, 0.4) is 0 Å². The molecule has 26 heavy (non-hydrogen) atoms. The second-order valence-electron chi connectivity index (χ2n) is 7.75. The number of rotatable bonds is 10. The number of hydrogen-bond acceptors (Lipinski definition) is 6. The average Bonchev–Trinajstić information content (AvgIpc) is 2.64. The van der Waals surface area contributed by atoms with Gasteiger partial charge in [0.15, 0.2) is 0 Å². The summed E-state index contributed by atoms with van der Waals surface area (Å²) in [5.41, 5.74) is -0.696. The first-order chi connectivity index (χ1) is 11.9. The molecule has 0 fully saturated rings. The Morgan fingerprint density at radius 1 is 0.846 bits per heavy atom. The molecule has 0 atom stereocenters. The van der Waals surface area contributed by atoms with Gasteiger partial charge in [-0.15, -0.1) is 0 Å². The predicted molar refractivity (Wildman–Crippen MR) is 106 cm³/mol. The van der Waals surface area contributed by atoms with Crippen molar-refractivity contribution in [1.29, 1.82) is 0 Å². The molecule has 7 heteroatoms. The lowest BCUT2D eigenvalue weighted by Crippen LogP contribution is -2.36. The number of hydrogen-bond donors (Lipinski definition) is 0. The van der Waals surface area contributed by atoms with Gasteiger partial charge in [-0.05, 0) is 59.5 Å². The van der Waals surface area contributed by atoms with Crippen LogP contribution in [0.4, 0.5) is 0 Å². The molecule has 0 unspecified atom stereocenters. The fourth-order valence-corrected chi connectivity index (χ4v) is 2.97. The lowest BCUT2D eigenvalue weighted by Gasteiger charge is -2.23. The van der Waals surface area contributed by atoms with Gasteiger partial charge in [0.1, 0.15) is 0 Å². The third-order valence-corrected chi connectivity index (χ3v) is 7.92. The lowest BCUT2D eigenvalue weighted by molar-refractivity contribution is -0.154. The van der Waals surface area contributed by atoms with Gasteiger partial charge in [0.05, 0.1) is 24.5 Å². The molecule has 0 bridgehead atoms. The van der Waals surface area contributed by atoms with Crippen molar-refractivity contribution in [3.63, 3.8) is 0 Å². The van der Waals surface area contributed by atoms with Crippen molar-refractivity contribution in [2.75, 3.05) is 27.9 Å². The molecule has 0 radical (unpaired) electrons. The summed E-state index contributed by atoms with van der Waals surface area (Å²) in [4.78, 5) is 22.5. The Labute approximate surface area is 161 Å². The van der Waals surface area contributed by atoms with Gasteiger partial charge in [-0.1, -0.05) is 13.8 Å². The smallest absolute Gasteiger partial charge is 0.334 e. The van der Waals surface area contributed by atoms with E-state index in [2.05, 4.69) is 4.74 Å². The van der Waals surface area contributed by atoms with E-state index < -0.39 is 8.56 Å². The minimum Gasteiger partial charge on any atom is -0.469 e. The van der Waals surface area contributed by atoms with Gasteiger partial charge in [0, 0.05) is 14.2 Å². The van der Waals surface area contributed by atoms with Gasteiger partial charge in [-0.25, -0.2) is 0 Å². The minimum atomic E-state index is -2.01. The van der Waals surface area contributed by atoms with Crippen LogP contribution in [0.5, 0.6) is 0 Å². The zero-order valence-electron chi connectivity index (χ0n) is 18.5. The molecule has 6 nitrogen and oxygen atoms in total. The van der Waals surface area contributed by atoms with Gasteiger partial charge in [0.25, 0.3) is 0 Å². The Morgan fingerprint density at radius 3 is 1.58 bits per heavy atom. The molecule has 156 valence electrons. The summed E-state index contributed by atoms with van der Waals surface area (Å²) in [7, 11) is 2.74. The SMILES string of the molecule is CCC(C)(C)C(=O)OC.CCC(C)(C)C(=O)OCCC[Si](C)(OC)OC. The molecular weight excluding hydrogens is 352 g/mol. The lowest BCUT2D eigenvalue weighted by atomic mass is 9.91. The Morgan fingerprint density at radius 2 is 1.27 bits per heavy atom. The van der Waals surface area contributed by atoms with Crippen LogP contribution in [0.2, 0.25) is 12.6 Å². The van der Waals surface area contributed by atoms with Crippen LogP contribution in [-0.2, 0) is 27.9 Å². The summed E-state index contributed by atoms with van der Waals surface area (Å²) in [6.07, 6.45) is 2.39. The second-order valence-corrected chi connectivity index (χ2v) is 11.3. The number of carbonyl (C=O) groups excluding carboxylic acids is 2. The van der Waals surface area contributed by atoms with Gasteiger partial charge in [-0.2, -0.15) is 0 Å². The van der Waals surface area contributed by atoms with Crippen molar-refractivity contribution in [3.05, 3.63) is 0 Å². The summed E-state index contributed by atoms with van der Waals surface area (Å²) in [5, 5.41) is 0. The number of methoxy groups -OCH3 is 1. The Balaban J connectivity index is 0. The van der Waals surface area contributed by atoms with E-state index in [1.54, 1.807) is 14.2 Å². The van der Waals surface area contributed by atoms with Crippen LogP contribution in [0.25, 0.3) is 0 Å². The Bertz CT molecular complexity index is 416. The summed E-state index contributed by atoms with van der Waals surface area (Å²) < 4.78 is 20.5. The van der Waals surface area contributed by atoms with Crippen molar-refractivity contribution >= 4 is 20.5 Å². The number of esters is 2. The highest BCUT2D eigenvalue weighted by Crippen LogP contribution is 2.22. The molecule has 0 aliphatic rings. The second kappa shape index (κ2) is 12.5. The monoisotopic (exact) mass is 392 g/mol. The van der Waals surface area contributed by atoms with Gasteiger partial charge in [-0.3, -0.25) is 9.59 Å².